The zero-order valence-electron chi connectivity index (χ0n) is 8.62. The van der Waals surface area contributed by atoms with Crippen molar-refractivity contribution in [3.63, 3.8) is 0 Å². The van der Waals surface area contributed by atoms with Crippen LogP contribution in [0.25, 0.3) is 0 Å². The molecule has 0 bridgehead atoms. The zero-order valence-corrected chi connectivity index (χ0v) is 9.51. The zero-order chi connectivity index (χ0) is 12.9. The maximum absolute atomic E-state index is 10.9. The van der Waals surface area contributed by atoms with Crippen molar-refractivity contribution in [1.29, 1.82) is 0 Å². The number of aliphatic carboxylic acids is 1. The Hall–Kier alpha value is -1.17. The largest absolute Gasteiger partial charge is 0.481 e. The van der Waals surface area contributed by atoms with E-state index in [1.807, 2.05) is 0 Å². The summed E-state index contributed by atoms with van der Waals surface area (Å²) in [5.74, 6) is -2.35. The molecule has 0 amide bonds. The van der Waals surface area contributed by atoms with Gasteiger partial charge in [0, 0.05) is 12.0 Å². The summed E-state index contributed by atoms with van der Waals surface area (Å²) in [6, 6.07) is 0. The van der Waals surface area contributed by atoms with Crippen molar-refractivity contribution in [2.75, 3.05) is 6.61 Å². The van der Waals surface area contributed by atoms with Gasteiger partial charge in [0.2, 0.25) is 0 Å². The Kier molecular flexibility index (Phi) is 5.37. The van der Waals surface area contributed by atoms with E-state index >= 15 is 0 Å². The van der Waals surface area contributed by atoms with Crippen LogP contribution < -0.4 is 0 Å². The van der Waals surface area contributed by atoms with Crippen LogP contribution in [-0.4, -0.2) is 39.1 Å². The molecular formula is C8H13O7P. The Morgan fingerprint density at radius 1 is 1.44 bits per heavy atom. The first-order chi connectivity index (χ1) is 7.16. The molecule has 0 aliphatic carbocycles. The molecule has 0 spiro atoms. The molecule has 3 N–H and O–H groups in total. The predicted octanol–water partition coefficient (Wildman–Crippen LogP) is 0.127. The molecule has 0 radical (unpaired) electrons. The number of ether oxygens (including phenoxy) is 1. The Morgan fingerprint density at radius 2 is 1.94 bits per heavy atom. The molecule has 0 aromatic rings. The highest BCUT2D eigenvalue weighted by Gasteiger charge is 2.35. The molecule has 0 aromatic carbocycles. The van der Waals surface area contributed by atoms with Crippen molar-refractivity contribution < 1.29 is 33.8 Å². The lowest BCUT2D eigenvalue weighted by molar-refractivity contribution is -0.142. The quantitative estimate of drug-likeness (QED) is 0.349. The molecule has 16 heavy (non-hydrogen) atoms. The van der Waals surface area contributed by atoms with E-state index in [4.69, 9.17) is 14.9 Å². The third-order valence-electron chi connectivity index (χ3n) is 1.66. The lowest BCUT2D eigenvalue weighted by Gasteiger charge is -2.13. The van der Waals surface area contributed by atoms with Gasteiger partial charge in [0.25, 0.3) is 0 Å². The van der Waals surface area contributed by atoms with E-state index in [1.165, 1.54) is 6.92 Å². The van der Waals surface area contributed by atoms with E-state index in [9.17, 15) is 14.2 Å². The molecule has 0 aromatic heterocycles. The summed E-state index contributed by atoms with van der Waals surface area (Å²) in [5, 5.41) is 8.53. The van der Waals surface area contributed by atoms with Gasteiger partial charge in [-0.15, -0.1) is 0 Å². The molecule has 92 valence electrons. The number of hydrogen-bond donors (Lipinski definition) is 3. The van der Waals surface area contributed by atoms with Gasteiger partial charge in [-0.05, 0) is 6.92 Å². The van der Waals surface area contributed by atoms with Crippen LogP contribution in [0.5, 0.6) is 0 Å². The second kappa shape index (κ2) is 5.79. The number of rotatable bonds is 6. The second-order valence-electron chi connectivity index (χ2n) is 3.15. The Morgan fingerprint density at radius 3 is 2.25 bits per heavy atom. The van der Waals surface area contributed by atoms with E-state index in [2.05, 4.69) is 11.3 Å². The molecule has 0 aliphatic heterocycles. The molecular weight excluding hydrogens is 239 g/mol. The molecule has 1 atom stereocenters. The minimum absolute atomic E-state index is 0.128. The van der Waals surface area contributed by atoms with Crippen molar-refractivity contribution in [1.82, 2.24) is 0 Å². The van der Waals surface area contributed by atoms with E-state index in [-0.39, 0.29) is 12.2 Å². The highest BCUT2D eigenvalue weighted by molar-refractivity contribution is 7.53. The third-order valence-corrected chi connectivity index (χ3v) is 2.96. The minimum atomic E-state index is -4.73. The summed E-state index contributed by atoms with van der Waals surface area (Å²) in [6.45, 7) is 4.31. The highest BCUT2D eigenvalue weighted by Crippen LogP contribution is 2.42. The first-order valence-corrected chi connectivity index (χ1v) is 5.95. The fourth-order valence-corrected chi connectivity index (χ4v) is 1.55. The number of carboxylic acid groups (broad SMARTS) is 1. The molecule has 0 saturated carbocycles. The fourth-order valence-electron chi connectivity index (χ4n) is 0.822. The van der Waals surface area contributed by atoms with Crippen LogP contribution in [0, 0.1) is 0 Å². The van der Waals surface area contributed by atoms with Gasteiger partial charge in [-0.3, -0.25) is 9.36 Å². The molecule has 0 aliphatic rings. The number of carbonyl (C=O) groups is 2. The summed E-state index contributed by atoms with van der Waals surface area (Å²) < 4.78 is 15.3. The van der Waals surface area contributed by atoms with Crippen LogP contribution in [0.4, 0.5) is 0 Å². The molecule has 0 rings (SSSR count). The normalized spacial score (nSPS) is 12.9. The van der Waals surface area contributed by atoms with Crippen LogP contribution in [0.3, 0.4) is 0 Å². The average Bonchev–Trinajstić information content (AvgIpc) is 2.08. The SMILES string of the molecule is C=C(C)C(=O)OCCC(C(=O)O)P(=O)(O)O. The van der Waals surface area contributed by atoms with Crippen LogP contribution in [0.2, 0.25) is 0 Å². The summed E-state index contributed by atoms with van der Waals surface area (Å²) in [5.41, 5.74) is -1.73. The van der Waals surface area contributed by atoms with Crippen molar-refractivity contribution in [3.8, 4) is 0 Å². The monoisotopic (exact) mass is 252 g/mol. The number of carboxylic acids is 1. The molecule has 8 heteroatoms. The van der Waals surface area contributed by atoms with Gasteiger partial charge in [0.05, 0.1) is 6.61 Å². The van der Waals surface area contributed by atoms with Gasteiger partial charge in [0.1, 0.15) is 0 Å². The second-order valence-corrected chi connectivity index (χ2v) is 4.95. The summed E-state index contributed by atoms with van der Waals surface area (Å²) in [4.78, 5) is 38.8. The van der Waals surface area contributed by atoms with Gasteiger partial charge < -0.3 is 19.6 Å². The Labute approximate surface area is 91.9 Å². The van der Waals surface area contributed by atoms with E-state index in [0.717, 1.165) is 0 Å². The van der Waals surface area contributed by atoms with Gasteiger partial charge in [0.15, 0.2) is 5.66 Å². The van der Waals surface area contributed by atoms with E-state index in [1.54, 1.807) is 0 Å². The number of esters is 1. The van der Waals surface area contributed by atoms with Crippen molar-refractivity contribution in [2.45, 2.75) is 19.0 Å². The number of carbonyl (C=O) groups excluding carboxylic acids is 1. The van der Waals surface area contributed by atoms with Crippen LogP contribution in [-0.2, 0) is 18.9 Å². The van der Waals surface area contributed by atoms with Crippen molar-refractivity contribution in [2.24, 2.45) is 0 Å². The highest BCUT2D eigenvalue weighted by atomic mass is 31.2. The van der Waals surface area contributed by atoms with Gasteiger partial charge >= 0.3 is 19.5 Å². The Bertz CT molecular complexity index is 342. The van der Waals surface area contributed by atoms with Gasteiger partial charge in [-0.1, -0.05) is 6.58 Å². The van der Waals surface area contributed by atoms with Crippen LogP contribution in [0.15, 0.2) is 12.2 Å². The van der Waals surface area contributed by atoms with Gasteiger partial charge in [-0.25, -0.2) is 4.79 Å². The first kappa shape index (κ1) is 14.8. The average molecular weight is 252 g/mol. The maximum atomic E-state index is 10.9. The van der Waals surface area contributed by atoms with Crippen molar-refractivity contribution in [3.05, 3.63) is 12.2 Å². The topological polar surface area (TPSA) is 121 Å². The van der Waals surface area contributed by atoms with Crippen LogP contribution in [0.1, 0.15) is 13.3 Å². The van der Waals surface area contributed by atoms with Crippen LogP contribution >= 0.6 is 7.60 Å². The minimum Gasteiger partial charge on any atom is -0.481 e. The maximum Gasteiger partial charge on any atom is 0.339 e. The predicted molar refractivity (Wildman–Crippen MR) is 53.9 cm³/mol. The molecule has 0 fully saturated rings. The Balaban J connectivity index is 4.26. The summed E-state index contributed by atoms with van der Waals surface area (Å²) >= 11 is 0. The lowest BCUT2D eigenvalue weighted by atomic mass is 10.3. The lowest BCUT2D eigenvalue weighted by Crippen LogP contribution is -2.23. The molecule has 0 saturated heterocycles. The van der Waals surface area contributed by atoms with Gasteiger partial charge in [-0.2, -0.15) is 0 Å². The fraction of sp³-hybridized carbons (Fsp3) is 0.500. The third kappa shape index (κ3) is 5.06. The molecule has 7 nitrogen and oxygen atoms in total. The van der Waals surface area contributed by atoms with E-state index < -0.39 is 31.6 Å². The van der Waals surface area contributed by atoms with Crippen molar-refractivity contribution >= 4 is 19.5 Å². The standard InChI is InChI=1S/C8H13O7P/c1-5(2)8(11)15-4-3-6(7(9)10)16(12,13)14/h6H,1,3-4H2,2H3,(H,9,10)(H2,12,13,14). The summed E-state index contributed by atoms with van der Waals surface area (Å²) in [7, 11) is -4.73. The molecule has 0 heterocycles. The number of hydrogen-bond acceptors (Lipinski definition) is 4. The molecule has 1 unspecified atom stereocenters. The first-order valence-electron chi connectivity index (χ1n) is 4.27. The summed E-state index contributed by atoms with van der Waals surface area (Å²) in [6.07, 6.45) is -0.446. The van der Waals surface area contributed by atoms with E-state index in [0.29, 0.717) is 0 Å². The smallest absolute Gasteiger partial charge is 0.339 e.